The number of fused-ring (bicyclic) bond motifs is 5. The van der Waals surface area contributed by atoms with Crippen molar-refractivity contribution in [1.29, 1.82) is 0 Å². The maximum atomic E-state index is 5.79. The van der Waals surface area contributed by atoms with Crippen LogP contribution >= 0.6 is 0 Å². The number of nitrogens with two attached hydrogens (primary N) is 1. The van der Waals surface area contributed by atoms with E-state index in [1.807, 2.05) is 12.1 Å². The van der Waals surface area contributed by atoms with Crippen LogP contribution in [-0.2, 0) is 6.54 Å². The van der Waals surface area contributed by atoms with E-state index >= 15 is 0 Å². The number of quaternary nitrogens is 1. The molecule has 1 aromatic heterocycles. The first-order chi connectivity index (χ1) is 13.3. The molecule has 2 N–H and O–H groups in total. The molecule has 6 nitrogen and oxygen atoms in total. The number of nitrogens with zero attached hydrogens (tertiary/aromatic N) is 1. The van der Waals surface area contributed by atoms with Gasteiger partial charge in [0.05, 0.1) is 19.9 Å². The maximum Gasteiger partial charge on any atom is 0.231 e. The first kappa shape index (κ1) is 16.1. The van der Waals surface area contributed by atoms with Crippen LogP contribution in [0.1, 0.15) is 22.9 Å². The van der Waals surface area contributed by atoms with Gasteiger partial charge in [-0.1, -0.05) is 0 Å². The average molecular weight is 365 g/mol. The van der Waals surface area contributed by atoms with E-state index in [9.17, 15) is 0 Å². The monoisotopic (exact) mass is 365 g/mol. The molecule has 0 saturated heterocycles. The molecule has 6 heteroatoms. The van der Waals surface area contributed by atoms with Crippen LogP contribution in [0, 0.1) is 0 Å². The third-order valence-electron chi connectivity index (χ3n) is 5.28. The van der Waals surface area contributed by atoms with Gasteiger partial charge in [0.1, 0.15) is 12.2 Å². The highest BCUT2D eigenvalue weighted by Crippen LogP contribution is 2.42. The summed E-state index contributed by atoms with van der Waals surface area (Å²) in [5.41, 5.74) is 4.64. The Hall–Kier alpha value is -3.12. The molecule has 1 unspecified atom stereocenters. The zero-order valence-electron chi connectivity index (χ0n) is 15.3. The fourth-order valence-electron chi connectivity index (χ4n) is 4.00. The van der Waals surface area contributed by atoms with Crippen molar-refractivity contribution in [3.8, 4) is 28.7 Å². The second kappa shape index (κ2) is 6.25. The summed E-state index contributed by atoms with van der Waals surface area (Å²) in [6.07, 6.45) is 2.09. The van der Waals surface area contributed by atoms with Crippen molar-refractivity contribution in [1.82, 2.24) is 4.57 Å². The lowest BCUT2D eigenvalue weighted by molar-refractivity contribution is -0.702. The maximum absolute atomic E-state index is 5.79. The van der Waals surface area contributed by atoms with Gasteiger partial charge in [0.25, 0.3) is 0 Å². The summed E-state index contributed by atoms with van der Waals surface area (Å²) >= 11 is 0. The Labute approximate surface area is 157 Å². The third kappa shape index (κ3) is 2.44. The summed E-state index contributed by atoms with van der Waals surface area (Å²) in [5, 5.41) is 2.33. The fraction of sp³-hybridized carbons (Fsp3) is 0.238. The van der Waals surface area contributed by atoms with Crippen molar-refractivity contribution in [2.75, 3.05) is 21.0 Å². The van der Waals surface area contributed by atoms with E-state index in [0.717, 1.165) is 40.8 Å². The van der Waals surface area contributed by atoms with E-state index in [2.05, 4.69) is 46.4 Å². The molecule has 0 amide bonds. The standard InChI is InChI=1S/C21H20N2O4/c1-24-16-7-5-13(10-18(16)25-2)19-15-4-3-9-23(15)20-14(11-22-19)6-8-17-21(20)27-12-26-17/h3-10,19,22H,11-12H2,1-2H3/p+1. The normalized spacial score (nSPS) is 17.0. The molecule has 2 aliphatic rings. The van der Waals surface area contributed by atoms with Gasteiger partial charge in [0.2, 0.25) is 6.79 Å². The molecule has 0 saturated carbocycles. The Morgan fingerprint density at radius 1 is 1.04 bits per heavy atom. The van der Waals surface area contributed by atoms with Crippen LogP contribution in [-0.4, -0.2) is 25.6 Å². The van der Waals surface area contributed by atoms with Crippen molar-refractivity contribution in [3.05, 3.63) is 65.5 Å². The average Bonchev–Trinajstić information content (AvgIpc) is 3.35. The third-order valence-corrected chi connectivity index (χ3v) is 5.28. The molecule has 2 aliphatic heterocycles. The molecule has 0 aliphatic carbocycles. The molecular formula is C21H21N2O4+. The minimum atomic E-state index is 0.130. The Kier molecular flexibility index (Phi) is 3.72. The fourth-order valence-corrected chi connectivity index (χ4v) is 4.00. The second-order valence-corrected chi connectivity index (χ2v) is 6.64. The topological polar surface area (TPSA) is 58.5 Å². The summed E-state index contributed by atoms with van der Waals surface area (Å²) in [4.78, 5) is 0. The minimum Gasteiger partial charge on any atom is -0.493 e. The van der Waals surface area contributed by atoms with Gasteiger partial charge in [0.15, 0.2) is 29.0 Å². The Morgan fingerprint density at radius 3 is 2.78 bits per heavy atom. The van der Waals surface area contributed by atoms with Crippen LogP contribution in [0.5, 0.6) is 23.0 Å². The molecule has 5 rings (SSSR count). The van der Waals surface area contributed by atoms with E-state index in [0.29, 0.717) is 0 Å². The lowest BCUT2D eigenvalue weighted by Gasteiger charge is -2.17. The van der Waals surface area contributed by atoms with Gasteiger partial charge < -0.3 is 28.8 Å². The van der Waals surface area contributed by atoms with Gasteiger partial charge in [-0.15, -0.1) is 0 Å². The quantitative estimate of drug-likeness (QED) is 0.774. The van der Waals surface area contributed by atoms with E-state index in [1.165, 1.54) is 11.3 Å². The molecule has 0 bridgehead atoms. The van der Waals surface area contributed by atoms with Crippen LogP contribution < -0.4 is 24.3 Å². The number of methoxy groups -OCH3 is 2. The Balaban J connectivity index is 1.64. The van der Waals surface area contributed by atoms with E-state index < -0.39 is 0 Å². The Morgan fingerprint density at radius 2 is 1.93 bits per heavy atom. The SMILES string of the molecule is COc1ccc(C2[NH2+]Cc3ccc4c(c3-n3cccc32)OCO4)cc1OC. The van der Waals surface area contributed by atoms with Crippen LogP contribution in [0.2, 0.25) is 0 Å². The molecule has 1 atom stereocenters. The number of aromatic nitrogens is 1. The summed E-state index contributed by atoms with van der Waals surface area (Å²) in [5.74, 6) is 3.10. The highest BCUT2D eigenvalue weighted by Gasteiger charge is 2.31. The van der Waals surface area contributed by atoms with Gasteiger partial charge in [0, 0.05) is 17.3 Å². The molecular weight excluding hydrogens is 344 g/mol. The van der Waals surface area contributed by atoms with Crippen LogP contribution in [0.15, 0.2) is 48.7 Å². The number of hydrogen-bond acceptors (Lipinski definition) is 4. The van der Waals surface area contributed by atoms with E-state index in [4.69, 9.17) is 18.9 Å². The van der Waals surface area contributed by atoms with Gasteiger partial charge in [-0.2, -0.15) is 0 Å². The zero-order valence-corrected chi connectivity index (χ0v) is 15.3. The van der Waals surface area contributed by atoms with Crippen molar-refractivity contribution >= 4 is 0 Å². The minimum absolute atomic E-state index is 0.130. The predicted molar refractivity (Wildman–Crippen MR) is 98.9 cm³/mol. The van der Waals surface area contributed by atoms with Crippen molar-refractivity contribution in [2.45, 2.75) is 12.6 Å². The number of rotatable bonds is 3. The van der Waals surface area contributed by atoms with Gasteiger partial charge in [-0.05, 0) is 42.5 Å². The first-order valence-corrected chi connectivity index (χ1v) is 8.94. The number of hydrogen-bond donors (Lipinski definition) is 1. The highest BCUT2D eigenvalue weighted by molar-refractivity contribution is 5.62. The summed E-state index contributed by atoms with van der Waals surface area (Å²) in [7, 11) is 3.32. The van der Waals surface area contributed by atoms with Crippen molar-refractivity contribution < 1.29 is 24.3 Å². The van der Waals surface area contributed by atoms with Crippen molar-refractivity contribution in [2.24, 2.45) is 0 Å². The molecule has 0 radical (unpaired) electrons. The second-order valence-electron chi connectivity index (χ2n) is 6.64. The summed E-state index contributed by atoms with van der Waals surface area (Å²) in [6.45, 7) is 1.11. The predicted octanol–water partition coefficient (Wildman–Crippen LogP) is 2.39. The van der Waals surface area contributed by atoms with E-state index in [1.54, 1.807) is 14.2 Å². The van der Waals surface area contributed by atoms with Gasteiger partial charge >= 0.3 is 0 Å². The summed E-state index contributed by atoms with van der Waals surface area (Å²) in [6, 6.07) is 14.6. The van der Waals surface area contributed by atoms with Crippen LogP contribution in [0.25, 0.3) is 5.69 Å². The van der Waals surface area contributed by atoms with Crippen molar-refractivity contribution in [3.63, 3.8) is 0 Å². The molecule has 3 aromatic rings. The van der Waals surface area contributed by atoms with Gasteiger partial charge in [-0.25, -0.2) is 0 Å². The molecule has 3 heterocycles. The van der Waals surface area contributed by atoms with E-state index in [-0.39, 0.29) is 12.8 Å². The number of benzene rings is 2. The molecule has 0 fully saturated rings. The smallest absolute Gasteiger partial charge is 0.231 e. The highest BCUT2D eigenvalue weighted by atomic mass is 16.7. The molecule has 138 valence electrons. The zero-order chi connectivity index (χ0) is 18.4. The van der Waals surface area contributed by atoms with Gasteiger partial charge in [-0.3, -0.25) is 0 Å². The Bertz CT molecular complexity index is 1010. The molecule has 2 aromatic carbocycles. The van der Waals surface area contributed by atoms with Crippen LogP contribution in [0.3, 0.4) is 0 Å². The van der Waals surface area contributed by atoms with Crippen LogP contribution in [0.4, 0.5) is 0 Å². The molecule has 0 spiro atoms. The molecule has 27 heavy (non-hydrogen) atoms. The lowest BCUT2D eigenvalue weighted by atomic mass is 10.0. The first-order valence-electron chi connectivity index (χ1n) is 8.94. The number of ether oxygens (including phenoxy) is 4. The largest absolute Gasteiger partial charge is 0.493 e. The summed E-state index contributed by atoms with van der Waals surface area (Å²) < 4.78 is 24.5. The lowest BCUT2D eigenvalue weighted by Crippen LogP contribution is -2.83.